The SMILES string of the molecule is CC(C)CC[CH2][Al]([CH2]C(C)C)[CH2]C(C)C. The summed E-state index contributed by atoms with van der Waals surface area (Å²) in [6, 6.07) is 0. The average molecular weight is 226 g/mol. The van der Waals surface area contributed by atoms with E-state index in [9.17, 15) is 0 Å². The minimum atomic E-state index is -0.408. The lowest BCUT2D eigenvalue weighted by Gasteiger charge is -2.16. The third kappa shape index (κ3) is 10.8. The van der Waals surface area contributed by atoms with Crippen LogP contribution in [0, 0.1) is 17.8 Å². The first-order chi connectivity index (χ1) is 6.91. The van der Waals surface area contributed by atoms with E-state index in [-0.39, 0.29) is 0 Å². The molecule has 0 aliphatic rings. The van der Waals surface area contributed by atoms with Crippen molar-refractivity contribution in [2.45, 2.75) is 70.2 Å². The Morgan fingerprint density at radius 3 is 1.53 bits per heavy atom. The highest BCUT2D eigenvalue weighted by Gasteiger charge is 2.19. The molecule has 0 rings (SSSR count). The molecule has 0 fully saturated rings. The third-order valence-electron chi connectivity index (χ3n) is 3.00. The summed E-state index contributed by atoms with van der Waals surface area (Å²) < 4.78 is 0. The van der Waals surface area contributed by atoms with Crippen LogP contribution in [-0.2, 0) is 0 Å². The topological polar surface area (TPSA) is 0 Å². The first-order valence-electron chi connectivity index (χ1n) is 6.91. The van der Waals surface area contributed by atoms with Gasteiger partial charge in [-0.3, -0.25) is 0 Å². The first kappa shape index (κ1) is 15.5. The van der Waals surface area contributed by atoms with Gasteiger partial charge in [0.15, 0.2) is 0 Å². The normalized spacial score (nSPS) is 11.8. The van der Waals surface area contributed by atoms with Gasteiger partial charge in [-0.25, -0.2) is 0 Å². The largest absolute Gasteiger partial charge is 0.262 e. The minimum absolute atomic E-state index is 0.408. The van der Waals surface area contributed by atoms with Crippen molar-refractivity contribution in [3.8, 4) is 0 Å². The van der Waals surface area contributed by atoms with Crippen molar-refractivity contribution in [3.05, 3.63) is 0 Å². The zero-order valence-corrected chi connectivity index (χ0v) is 13.0. The van der Waals surface area contributed by atoms with Crippen molar-refractivity contribution in [2.24, 2.45) is 17.8 Å². The number of hydrogen-bond donors (Lipinski definition) is 0. The molecule has 0 aromatic carbocycles. The molecule has 0 aromatic heterocycles. The Labute approximate surface area is 102 Å². The van der Waals surface area contributed by atoms with Gasteiger partial charge in [0.05, 0.1) is 0 Å². The van der Waals surface area contributed by atoms with Crippen molar-refractivity contribution < 1.29 is 0 Å². The molecule has 0 unspecified atom stereocenters. The van der Waals surface area contributed by atoms with Crippen molar-refractivity contribution >= 4 is 14.1 Å². The molecular formula is C14H31Al. The maximum absolute atomic E-state index is 2.39. The van der Waals surface area contributed by atoms with Gasteiger partial charge in [-0.2, -0.15) is 0 Å². The van der Waals surface area contributed by atoms with Gasteiger partial charge in [0, 0.05) is 0 Å². The predicted octanol–water partition coefficient (Wildman–Crippen LogP) is 5.23. The Hall–Kier alpha value is 0.532. The molecule has 0 atom stereocenters. The summed E-state index contributed by atoms with van der Waals surface area (Å²) in [5.74, 6) is 2.76. The fourth-order valence-electron chi connectivity index (χ4n) is 2.48. The summed E-state index contributed by atoms with van der Waals surface area (Å²) >= 11 is -0.408. The molecule has 0 aliphatic heterocycles. The summed E-state index contributed by atoms with van der Waals surface area (Å²) in [7, 11) is 0. The van der Waals surface area contributed by atoms with E-state index in [1.165, 1.54) is 12.8 Å². The van der Waals surface area contributed by atoms with Crippen LogP contribution < -0.4 is 0 Å². The van der Waals surface area contributed by atoms with Crippen LogP contribution in [0.25, 0.3) is 0 Å². The first-order valence-corrected chi connectivity index (χ1v) is 9.36. The van der Waals surface area contributed by atoms with Crippen molar-refractivity contribution in [3.63, 3.8) is 0 Å². The summed E-state index contributed by atoms with van der Waals surface area (Å²) in [5, 5.41) is 4.72. The molecule has 90 valence electrons. The molecule has 1 heteroatoms. The second-order valence-corrected chi connectivity index (χ2v) is 9.70. The van der Waals surface area contributed by atoms with Crippen LogP contribution >= 0.6 is 0 Å². The van der Waals surface area contributed by atoms with Gasteiger partial charge in [-0.05, 0) is 5.92 Å². The predicted molar refractivity (Wildman–Crippen MR) is 73.9 cm³/mol. The third-order valence-corrected chi connectivity index (χ3v) is 7.45. The van der Waals surface area contributed by atoms with E-state index in [1.807, 2.05) is 0 Å². The van der Waals surface area contributed by atoms with Crippen LogP contribution in [0.3, 0.4) is 0 Å². The number of hydrogen-bond acceptors (Lipinski definition) is 0. The van der Waals surface area contributed by atoms with Crippen molar-refractivity contribution in [2.75, 3.05) is 0 Å². The second kappa shape index (κ2) is 8.66. The van der Waals surface area contributed by atoms with Crippen molar-refractivity contribution in [1.29, 1.82) is 0 Å². The van der Waals surface area contributed by atoms with Gasteiger partial charge >= 0.3 is 0 Å². The molecule has 0 aromatic rings. The van der Waals surface area contributed by atoms with Crippen LogP contribution in [-0.4, -0.2) is 14.1 Å². The Balaban J connectivity index is 3.79. The quantitative estimate of drug-likeness (QED) is 0.497. The van der Waals surface area contributed by atoms with Crippen LogP contribution in [0.1, 0.15) is 54.4 Å². The second-order valence-electron chi connectivity index (χ2n) is 6.45. The molecule has 0 aliphatic carbocycles. The summed E-state index contributed by atoms with van der Waals surface area (Å²) in [6.07, 6.45) is 2.94. The Kier molecular flexibility index (Phi) is 8.97. The van der Waals surface area contributed by atoms with E-state index in [0.717, 1.165) is 17.8 Å². The maximum Gasteiger partial charge on any atom is 0.262 e. The summed E-state index contributed by atoms with van der Waals surface area (Å²) in [5.41, 5.74) is 0. The van der Waals surface area contributed by atoms with Crippen LogP contribution in [0.5, 0.6) is 0 Å². The Bertz CT molecular complexity index is 128. The molecule has 0 radical (unpaired) electrons. The van der Waals surface area contributed by atoms with Gasteiger partial charge in [0.1, 0.15) is 0 Å². The van der Waals surface area contributed by atoms with Gasteiger partial charge in [-0.15, -0.1) is 0 Å². The fraction of sp³-hybridized carbons (Fsp3) is 1.00. The molecule has 0 spiro atoms. The van der Waals surface area contributed by atoms with E-state index in [0.29, 0.717) is 0 Å². The monoisotopic (exact) mass is 226 g/mol. The van der Waals surface area contributed by atoms with Gasteiger partial charge in [0.25, 0.3) is 14.1 Å². The molecule has 0 saturated carbocycles. The van der Waals surface area contributed by atoms with E-state index in [4.69, 9.17) is 0 Å². The van der Waals surface area contributed by atoms with Crippen LogP contribution in [0.2, 0.25) is 15.8 Å². The standard InChI is InChI=1S/C6H13.2C4H9.Al/c1-4-5-6(2)3;2*1-4(2)3;/h6H,1,4-5H2,2-3H3;2*4H,1H2,2-3H3;. The van der Waals surface area contributed by atoms with Gasteiger partial charge < -0.3 is 0 Å². The zero-order valence-electron chi connectivity index (χ0n) is 11.8. The smallest absolute Gasteiger partial charge is 0.0938 e. The zero-order chi connectivity index (χ0) is 11.8. The lowest BCUT2D eigenvalue weighted by molar-refractivity contribution is 0.571. The molecule has 0 nitrogen and oxygen atoms in total. The van der Waals surface area contributed by atoms with E-state index >= 15 is 0 Å². The van der Waals surface area contributed by atoms with Crippen LogP contribution in [0.4, 0.5) is 0 Å². The van der Waals surface area contributed by atoms with Gasteiger partial charge in [-0.1, -0.05) is 82.1 Å². The highest BCUT2D eigenvalue weighted by Crippen LogP contribution is 2.20. The number of rotatable bonds is 8. The summed E-state index contributed by atoms with van der Waals surface area (Å²) in [4.78, 5) is 0. The Morgan fingerprint density at radius 2 is 1.20 bits per heavy atom. The maximum atomic E-state index is 2.39. The lowest BCUT2D eigenvalue weighted by Crippen LogP contribution is -2.17. The highest BCUT2D eigenvalue weighted by molar-refractivity contribution is 6.58. The average Bonchev–Trinajstić information content (AvgIpc) is 2.00. The van der Waals surface area contributed by atoms with E-state index < -0.39 is 14.1 Å². The Morgan fingerprint density at radius 1 is 0.733 bits per heavy atom. The molecular weight excluding hydrogens is 195 g/mol. The van der Waals surface area contributed by atoms with E-state index in [1.54, 1.807) is 15.8 Å². The molecule has 0 N–H and O–H groups in total. The fourth-order valence-corrected chi connectivity index (χ4v) is 6.62. The molecule has 0 amide bonds. The van der Waals surface area contributed by atoms with Crippen LogP contribution in [0.15, 0.2) is 0 Å². The van der Waals surface area contributed by atoms with Crippen molar-refractivity contribution in [1.82, 2.24) is 0 Å². The molecule has 0 saturated heterocycles. The molecule has 0 heterocycles. The summed E-state index contributed by atoms with van der Waals surface area (Å²) in [6.45, 7) is 14.3. The minimum Gasteiger partial charge on any atom is -0.0938 e. The highest BCUT2D eigenvalue weighted by atomic mass is 27.2. The molecule has 0 bridgehead atoms. The van der Waals surface area contributed by atoms with E-state index in [2.05, 4.69) is 41.5 Å². The van der Waals surface area contributed by atoms with Gasteiger partial charge in [0.2, 0.25) is 0 Å². The molecule has 15 heavy (non-hydrogen) atoms. The lowest BCUT2D eigenvalue weighted by atomic mass is 10.1.